The Hall–Kier alpha value is -3.22. The number of nitrogens with zero attached hydrogens (tertiary/aromatic N) is 3. The van der Waals surface area contributed by atoms with Crippen LogP contribution in [0.2, 0.25) is 0 Å². The van der Waals surface area contributed by atoms with Gasteiger partial charge >= 0.3 is 5.97 Å². The summed E-state index contributed by atoms with van der Waals surface area (Å²) in [5.74, 6) is -0.882. The van der Waals surface area contributed by atoms with Crippen molar-refractivity contribution in [3.63, 3.8) is 0 Å². The third-order valence-electron chi connectivity index (χ3n) is 4.18. The van der Waals surface area contributed by atoms with Crippen LogP contribution in [0.1, 0.15) is 23.2 Å². The van der Waals surface area contributed by atoms with Crippen molar-refractivity contribution in [3.05, 3.63) is 71.4 Å². The zero-order valence-corrected chi connectivity index (χ0v) is 14.1. The van der Waals surface area contributed by atoms with Gasteiger partial charge in [-0.25, -0.2) is 14.2 Å². The summed E-state index contributed by atoms with van der Waals surface area (Å²) in [6, 6.07) is 9.91. The molecule has 0 bridgehead atoms. The van der Waals surface area contributed by atoms with E-state index in [1.165, 1.54) is 12.1 Å². The molecule has 0 radical (unpaired) electrons. The van der Waals surface area contributed by atoms with Gasteiger partial charge in [0.2, 0.25) is 6.10 Å². The van der Waals surface area contributed by atoms with Gasteiger partial charge in [-0.1, -0.05) is 23.4 Å². The zero-order valence-electron chi connectivity index (χ0n) is 14.1. The number of hydrogen-bond donors (Lipinski definition) is 0. The van der Waals surface area contributed by atoms with E-state index in [-0.39, 0.29) is 18.8 Å². The molecule has 7 heteroatoms. The summed E-state index contributed by atoms with van der Waals surface area (Å²) < 4.78 is 20.5. The summed E-state index contributed by atoms with van der Waals surface area (Å²) in [4.78, 5) is 21.8. The second-order valence-electron chi connectivity index (χ2n) is 6.11. The van der Waals surface area contributed by atoms with Crippen LogP contribution in [0.25, 0.3) is 5.65 Å². The third-order valence-corrected chi connectivity index (χ3v) is 4.18. The Labute approximate surface area is 148 Å². The van der Waals surface area contributed by atoms with Crippen molar-refractivity contribution >= 4 is 17.3 Å². The van der Waals surface area contributed by atoms with Crippen molar-refractivity contribution in [2.75, 3.05) is 0 Å². The predicted molar refractivity (Wildman–Crippen MR) is 92.2 cm³/mol. The minimum absolute atomic E-state index is 0.0507. The van der Waals surface area contributed by atoms with E-state index in [0.717, 1.165) is 11.2 Å². The normalized spacial score (nSPS) is 16.4. The highest BCUT2D eigenvalue weighted by atomic mass is 19.1. The second kappa shape index (κ2) is 6.59. The summed E-state index contributed by atoms with van der Waals surface area (Å²) >= 11 is 0. The number of ether oxygens (including phenoxy) is 1. The summed E-state index contributed by atoms with van der Waals surface area (Å²) in [6.07, 6.45) is 3.12. The van der Waals surface area contributed by atoms with E-state index in [2.05, 4.69) is 10.1 Å². The first-order chi connectivity index (χ1) is 12.6. The molecule has 0 saturated carbocycles. The Kier molecular flexibility index (Phi) is 4.12. The van der Waals surface area contributed by atoms with Gasteiger partial charge in [-0.2, -0.15) is 0 Å². The molecule has 4 rings (SSSR count). The molecule has 3 heterocycles. The Balaban J connectivity index is 1.37. The molecule has 2 aromatic heterocycles. The van der Waals surface area contributed by atoms with Crippen molar-refractivity contribution in [2.45, 2.75) is 26.1 Å². The molecule has 1 atom stereocenters. The molecule has 6 nitrogen and oxygen atoms in total. The number of esters is 1. The van der Waals surface area contributed by atoms with Gasteiger partial charge in [-0.05, 0) is 30.7 Å². The Morgan fingerprint density at radius 2 is 2.27 bits per heavy atom. The minimum Gasteiger partial charge on any atom is -0.456 e. The maximum absolute atomic E-state index is 13.3. The average molecular weight is 353 g/mol. The molecular formula is C19H16FN3O3. The monoisotopic (exact) mass is 353 g/mol. The van der Waals surface area contributed by atoms with Crippen LogP contribution in [0.5, 0.6) is 0 Å². The van der Waals surface area contributed by atoms with Gasteiger partial charge in [-0.3, -0.25) is 0 Å². The van der Waals surface area contributed by atoms with Crippen LogP contribution in [0.4, 0.5) is 4.39 Å². The highest BCUT2D eigenvalue weighted by molar-refractivity contribution is 6.03. The maximum atomic E-state index is 13.3. The van der Waals surface area contributed by atoms with Crippen LogP contribution < -0.4 is 0 Å². The van der Waals surface area contributed by atoms with E-state index in [4.69, 9.17) is 9.57 Å². The van der Waals surface area contributed by atoms with E-state index >= 15 is 0 Å². The molecule has 0 amide bonds. The second-order valence-corrected chi connectivity index (χ2v) is 6.11. The number of carbonyl (C=O) groups excluding carboxylic acids is 1. The third kappa shape index (κ3) is 3.15. The molecule has 1 aliphatic heterocycles. The van der Waals surface area contributed by atoms with Crippen LogP contribution >= 0.6 is 0 Å². The number of pyridine rings is 1. The molecule has 0 saturated heterocycles. The highest BCUT2D eigenvalue weighted by Crippen LogP contribution is 2.19. The fraction of sp³-hybridized carbons (Fsp3) is 0.211. The van der Waals surface area contributed by atoms with E-state index in [0.29, 0.717) is 17.0 Å². The number of aromatic nitrogens is 2. The van der Waals surface area contributed by atoms with Gasteiger partial charge in [0, 0.05) is 24.4 Å². The van der Waals surface area contributed by atoms with E-state index in [9.17, 15) is 9.18 Å². The summed E-state index contributed by atoms with van der Waals surface area (Å²) in [5.41, 5.74) is 3.63. The van der Waals surface area contributed by atoms with Gasteiger partial charge < -0.3 is 14.0 Å². The Morgan fingerprint density at radius 3 is 3.08 bits per heavy atom. The number of halogens is 1. The first kappa shape index (κ1) is 16.3. The Morgan fingerprint density at radius 1 is 1.38 bits per heavy atom. The summed E-state index contributed by atoms with van der Waals surface area (Å²) in [7, 11) is 0. The number of rotatable bonds is 4. The predicted octanol–water partition coefficient (Wildman–Crippen LogP) is 3.02. The van der Waals surface area contributed by atoms with Gasteiger partial charge in [0.1, 0.15) is 18.1 Å². The molecule has 1 aromatic carbocycles. The van der Waals surface area contributed by atoms with Gasteiger partial charge in [-0.15, -0.1) is 0 Å². The fourth-order valence-electron chi connectivity index (χ4n) is 2.85. The van der Waals surface area contributed by atoms with Crippen LogP contribution in [-0.4, -0.2) is 27.2 Å². The van der Waals surface area contributed by atoms with Crippen molar-refractivity contribution < 1.29 is 18.8 Å². The van der Waals surface area contributed by atoms with Crippen LogP contribution in [0.15, 0.2) is 53.9 Å². The lowest BCUT2D eigenvalue weighted by atomic mass is 10.1. The SMILES string of the molecule is Cc1cccn2cc(COC(=O)C3CC(c4cccc(F)c4)=NO3)nc12. The number of benzene rings is 1. The standard InChI is InChI=1S/C19H16FN3O3/c1-12-4-3-7-23-10-15(21-18(12)23)11-25-19(24)17-9-16(22-26-17)13-5-2-6-14(20)8-13/h2-8,10,17H,9,11H2,1H3. The first-order valence-electron chi connectivity index (χ1n) is 8.18. The van der Waals surface area contributed by atoms with E-state index in [1.807, 2.05) is 35.9 Å². The largest absolute Gasteiger partial charge is 0.456 e. The molecule has 3 aromatic rings. The Bertz CT molecular complexity index is 1010. The van der Waals surface area contributed by atoms with Crippen LogP contribution in [0.3, 0.4) is 0 Å². The highest BCUT2D eigenvalue weighted by Gasteiger charge is 2.30. The molecule has 0 fully saturated rings. The van der Waals surface area contributed by atoms with Crippen molar-refractivity contribution in [2.24, 2.45) is 5.16 Å². The average Bonchev–Trinajstić information content (AvgIpc) is 3.27. The minimum atomic E-state index is -0.827. The first-order valence-corrected chi connectivity index (χ1v) is 8.18. The van der Waals surface area contributed by atoms with E-state index < -0.39 is 12.1 Å². The number of hydrogen-bond acceptors (Lipinski definition) is 5. The number of aryl methyl sites for hydroxylation is 1. The number of oxime groups is 1. The number of imidazole rings is 1. The zero-order chi connectivity index (χ0) is 18.1. The van der Waals surface area contributed by atoms with E-state index in [1.54, 1.807) is 12.1 Å². The quantitative estimate of drug-likeness (QED) is 0.677. The van der Waals surface area contributed by atoms with Crippen molar-refractivity contribution in [3.8, 4) is 0 Å². The molecule has 0 spiro atoms. The van der Waals surface area contributed by atoms with Crippen LogP contribution in [-0.2, 0) is 21.0 Å². The van der Waals surface area contributed by atoms with Gasteiger partial charge in [0.25, 0.3) is 0 Å². The number of fused-ring (bicyclic) bond motifs is 1. The molecule has 1 unspecified atom stereocenters. The van der Waals surface area contributed by atoms with Crippen molar-refractivity contribution in [1.29, 1.82) is 0 Å². The van der Waals surface area contributed by atoms with Crippen molar-refractivity contribution in [1.82, 2.24) is 9.38 Å². The van der Waals surface area contributed by atoms with Gasteiger partial charge in [0.15, 0.2) is 0 Å². The lowest BCUT2D eigenvalue weighted by Crippen LogP contribution is -2.23. The topological polar surface area (TPSA) is 65.2 Å². The molecule has 132 valence electrons. The molecule has 0 aliphatic carbocycles. The molecule has 26 heavy (non-hydrogen) atoms. The summed E-state index contributed by atoms with van der Waals surface area (Å²) in [5, 5.41) is 3.88. The lowest BCUT2D eigenvalue weighted by Gasteiger charge is -2.07. The molecular weight excluding hydrogens is 337 g/mol. The van der Waals surface area contributed by atoms with Crippen LogP contribution in [0, 0.1) is 12.7 Å². The maximum Gasteiger partial charge on any atom is 0.351 e. The van der Waals surface area contributed by atoms with Gasteiger partial charge in [0.05, 0.1) is 11.4 Å². The molecule has 0 N–H and O–H groups in total. The molecule has 1 aliphatic rings. The smallest absolute Gasteiger partial charge is 0.351 e. The number of carbonyl (C=O) groups is 1. The fourth-order valence-corrected chi connectivity index (χ4v) is 2.85. The summed E-state index contributed by atoms with van der Waals surface area (Å²) in [6.45, 7) is 2.02. The lowest BCUT2D eigenvalue weighted by molar-refractivity contribution is -0.156.